The van der Waals surface area contributed by atoms with E-state index in [1.165, 1.54) is 0 Å². The van der Waals surface area contributed by atoms with Gasteiger partial charge in [0.2, 0.25) is 0 Å². The van der Waals surface area contributed by atoms with E-state index >= 15 is 0 Å². The first-order valence-electron chi connectivity index (χ1n) is 6.07. The Balaban J connectivity index is 1.90. The summed E-state index contributed by atoms with van der Waals surface area (Å²) in [6.07, 6.45) is 3.48. The molecule has 0 radical (unpaired) electrons. The predicted octanol–water partition coefficient (Wildman–Crippen LogP) is 2.26. The molecule has 1 aromatic carbocycles. The Kier molecular flexibility index (Phi) is 2.63. The lowest BCUT2D eigenvalue weighted by atomic mass is 9.95. The average molecular weight is 242 g/mol. The van der Waals surface area contributed by atoms with E-state index in [9.17, 15) is 4.79 Å². The van der Waals surface area contributed by atoms with E-state index in [1.54, 1.807) is 12.5 Å². The van der Waals surface area contributed by atoms with Gasteiger partial charge in [-0.15, -0.1) is 0 Å². The number of aryl methyl sites for hydroxylation is 1. The van der Waals surface area contributed by atoms with Crippen molar-refractivity contribution in [1.29, 1.82) is 0 Å². The van der Waals surface area contributed by atoms with Crippen LogP contribution in [0.4, 0.5) is 0 Å². The van der Waals surface area contributed by atoms with Crippen LogP contribution >= 0.6 is 0 Å². The molecule has 2 aromatic rings. The highest BCUT2D eigenvalue weighted by atomic mass is 16.5. The van der Waals surface area contributed by atoms with Gasteiger partial charge in [0.05, 0.1) is 12.2 Å². The van der Waals surface area contributed by atoms with Crippen molar-refractivity contribution in [1.82, 2.24) is 9.55 Å². The van der Waals surface area contributed by atoms with E-state index in [0.717, 1.165) is 17.9 Å². The predicted molar refractivity (Wildman–Crippen MR) is 66.9 cm³/mol. The summed E-state index contributed by atoms with van der Waals surface area (Å²) >= 11 is 0. The van der Waals surface area contributed by atoms with Crippen LogP contribution in [-0.4, -0.2) is 21.9 Å². The molecule has 1 aromatic heterocycles. The molecule has 1 aliphatic heterocycles. The van der Waals surface area contributed by atoms with Gasteiger partial charge in [0, 0.05) is 18.3 Å². The Morgan fingerprint density at radius 2 is 2.33 bits per heavy atom. The van der Waals surface area contributed by atoms with Crippen LogP contribution in [0.25, 0.3) is 0 Å². The number of rotatable bonds is 3. The van der Waals surface area contributed by atoms with Crippen LogP contribution in [0.2, 0.25) is 0 Å². The lowest BCUT2D eigenvalue weighted by molar-refractivity contribution is 0.0943. The van der Waals surface area contributed by atoms with Crippen molar-refractivity contribution in [3.63, 3.8) is 0 Å². The number of hydrogen-bond donors (Lipinski definition) is 0. The molecule has 1 atom stereocenters. The first-order chi connectivity index (χ1) is 8.79. The number of imidazole rings is 1. The fourth-order valence-corrected chi connectivity index (χ4v) is 2.22. The zero-order chi connectivity index (χ0) is 12.5. The highest BCUT2D eigenvalue weighted by Gasteiger charge is 2.31. The maximum atomic E-state index is 12.4. The van der Waals surface area contributed by atoms with Gasteiger partial charge in [-0.3, -0.25) is 4.79 Å². The highest BCUT2D eigenvalue weighted by Crippen LogP contribution is 2.35. The summed E-state index contributed by atoms with van der Waals surface area (Å²) in [6, 6.07) is 7.69. The Morgan fingerprint density at radius 3 is 3.11 bits per heavy atom. The second-order valence-corrected chi connectivity index (χ2v) is 4.36. The van der Waals surface area contributed by atoms with Crippen molar-refractivity contribution in [3.05, 3.63) is 48.0 Å². The number of benzene rings is 1. The lowest BCUT2D eigenvalue weighted by Gasteiger charge is -2.04. The van der Waals surface area contributed by atoms with Gasteiger partial charge in [-0.05, 0) is 13.0 Å². The topological polar surface area (TPSA) is 44.1 Å². The van der Waals surface area contributed by atoms with Crippen LogP contribution in [-0.2, 0) is 6.54 Å². The van der Waals surface area contributed by atoms with E-state index in [1.807, 2.05) is 35.8 Å². The van der Waals surface area contributed by atoms with Gasteiger partial charge < -0.3 is 9.30 Å². The van der Waals surface area contributed by atoms with Crippen molar-refractivity contribution in [3.8, 4) is 5.75 Å². The fraction of sp³-hybridized carbons (Fsp3) is 0.286. The molecular weight excluding hydrogens is 228 g/mol. The third kappa shape index (κ3) is 1.70. The Labute approximate surface area is 105 Å². The van der Waals surface area contributed by atoms with Crippen LogP contribution in [0.3, 0.4) is 0 Å². The number of para-hydroxylation sites is 1. The molecule has 0 spiro atoms. The summed E-state index contributed by atoms with van der Waals surface area (Å²) in [5.41, 5.74) is 1.48. The number of fused-ring (bicyclic) bond motifs is 1. The van der Waals surface area contributed by atoms with E-state index < -0.39 is 0 Å². The van der Waals surface area contributed by atoms with E-state index in [4.69, 9.17) is 4.74 Å². The number of hydrogen-bond acceptors (Lipinski definition) is 3. The summed E-state index contributed by atoms with van der Waals surface area (Å²) in [6.45, 7) is 3.25. The van der Waals surface area contributed by atoms with Crippen LogP contribution in [0, 0.1) is 0 Å². The van der Waals surface area contributed by atoms with E-state index in [-0.39, 0.29) is 11.7 Å². The molecule has 0 saturated heterocycles. The largest absolute Gasteiger partial charge is 0.492 e. The van der Waals surface area contributed by atoms with Gasteiger partial charge in [-0.1, -0.05) is 18.2 Å². The second-order valence-electron chi connectivity index (χ2n) is 4.36. The minimum atomic E-state index is -0.221. The molecular formula is C14H14N2O2. The number of nitrogens with zero attached hydrogens (tertiary/aromatic N) is 2. The molecule has 1 unspecified atom stereocenters. The fourth-order valence-electron chi connectivity index (χ4n) is 2.22. The minimum absolute atomic E-state index is 0.0344. The molecule has 0 amide bonds. The van der Waals surface area contributed by atoms with E-state index in [2.05, 4.69) is 4.98 Å². The number of aromatic nitrogens is 2. The Hall–Kier alpha value is -2.10. The Morgan fingerprint density at radius 1 is 1.50 bits per heavy atom. The number of ketones is 1. The molecule has 0 bridgehead atoms. The van der Waals surface area contributed by atoms with Crippen molar-refractivity contribution in [2.24, 2.45) is 0 Å². The van der Waals surface area contributed by atoms with Gasteiger partial charge in [-0.2, -0.15) is 0 Å². The first-order valence-corrected chi connectivity index (χ1v) is 6.07. The van der Waals surface area contributed by atoms with E-state index in [0.29, 0.717) is 12.3 Å². The zero-order valence-electron chi connectivity index (χ0n) is 10.2. The molecule has 3 rings (SSSR count). The summed E-state index contributed by atoms with van der Waals surface area (Å²) in [5.74, 6) is 0.624. The molecule has 4 heteroatoms. The third-order valence-electron chi connectivity index (χ3n) is 3.27. The van der Waals surface area contributed by atoms with Crippen LogP contribution in [0.1, 0.15) is 28.9 Å². The number of carbonyl (C=O) groups is 1. The van der Waals surface area contributed by atoms with Crippen molar-refractivity contribution in [2.75, 3.05) is 6.61 Å². The first kappa shape index (κ1) is 11.0. The molecule has 0 fully saturated rings. The summed E-state index contributed by atoms with van der Waals surface area (Å²) in [5, 5.41) is 0. The van der Waals surface area contributed by atoms with Gasteiger partial charge in [0.1, 0.15) is 18.1 Å². The van der Waals surface area contributed by atoms with Crippen LogP contribution in [0.5, 0.6) is 5.75 Å². The zero-order valence-corrected chi connectivity index (χ0v) is 10.2. The number of Topliss-reactive ketones (excluding diaryl/α,β-unsaturated/α-hetero) is 1. The van der Waals surface area contributed by atoms with Crippen molar-refractivity contribution < 1.29 is 9.53 Å². The standard InChI is InChI=1S/C14H14N2O2/c1-2-16-7-12(15-9-16)14(17)11-8-18-13-6-4-3-5-10(11)13/h3-7,9,11H,2,8H2,1H3. The molecule has 0 N–H and O–H groups in total. The highest BCUT2D eigenvalue weighted by molar-refractivity contribution is 6.00. The molecule has 0 saturated carbocycles. The maximum absolute atomic E-state index is 12.4. The van der Waals surface area contributed by atoms with Gasteiger partial charge in [0.25, 0.3) is 0 Å². The quantitative estimate of drug-likeness (QED) is 0.775. The maximum Gasteiger partial charge on any atom is 0.193 e. The average Bonchev–Trinajstić information content (AvgIpc) is 3.04. The van der Waals surface area contributed by atoms with Crippen molar-refractivity contribution >= 4 is 5.78 Å². The van der Waals surface area contributed by atoms with Gasteiger partial charge in [0.15, 0.2) is 5.78 Å². The smallest absolute Gasteiger partial charge is 0.193 e. The molecule has 0 aliphatic carbocycles. The number of carbonyl (C=O) groups excluding carboxylic acids is 1. The molecule has 1 aliphatic rings. The second kappa shape index (κ2) is 4.29. The van der Waals surface area contributed by atoms with Gasteiger partial charge >= 0.3 is 0 Å². The summed E-state index contributed by atoms with van der Waals surface area (Å²) in [7, 11) is 0. The van der Waals surface area contributed by atoms with Crippen LogP contribution < -0.4 is 4.74 Å². The lowest BCUT2D eigenvalue weighted by Crippen LogP contribution is -2.14. The number of ether oxygens (including phenoxy) is 1. The summed E-state index contributed by atoms with van der Waals surface area (Å²) in [4.78, 5) is 16.5. The molecule has 18 heavy (non-hydrogen) atoms. The SMILES string of the molecule is CCn1cnc(C(=O)C2COc3ccccc32)c1. The molecule has 4 nitrogen and oxygen atoms in total. The normalized spacial score (nSPS) is 17.3. The summed E-state index contributed by atoms with van der Waals surface area (Å²) < 4.78 is 7.43. The minimum Gasteiger partial charge on any atom is -0.492 e. The monoisotopic (exact) mass is 242 g/mol. The Bertz CT molecular complexity index is 589. The van der Waals surface area contributed by atoms with Crippen LogP contribution in [0.15, 0.2) is 36.8 Å². The van der Waals surface area contributed by atoms with Crippen molar-refractivity contribution in [2.45, 2.75) is 19.4 Å². The van der Waals surface area contributed by atoms with Gasteiger partial charge in [-0.25, -0.2) is 4.98 Å². The third-order valence-corrected chi connectivity index (χ3v) is 3.27. The molecule has 92 valence electrons. The molecule has 2 heterocycles.